The molecule has 1 heteroatoms. The molecule has 0 aromatic rings. The van der Waals surface area contributed by atoms with Crippen LogP contribution in [0.5, 0.6) is 0 Å². The van der Waals surface area contributed by atoms with Gasteiger partial charge in [0.1, 0.15) is 7.11 Å². The van der Waals surface area contributed by atoms with Crippen molar-refractivity contribution in [2.75, 3.05) is 20.3 Å². The summed E-state index contributed by atoms with van der Waals surface area (Å²) >= 11 is 0. The van der Waals surface area contributed by atoms with Gasteiger partial charge in [-0.05, 0) is 0 Å². The quantitative estimate of drug-likeness (QED) is 0.276. The molecule has 0 aliphatic carbocycles. The molecule has 1 heterocycles. The second-order valence-corrected chi connectivity index (χ2v) is 1.19. The van der Waals surface area contributed by atoms with Crippen LogP contribution in [0.2, 0.25) is 0 Å². The van der Waals surface area contributed by atoms with Crippen molar-refractivity contribution in [2.24, 2.45) is 0 Å². The molecule has 4 heavy (non-hydrogen) atoms. The minimum absolute atomic E-state index is 1.24. The van der Waals surface area contributed by atoms with E-state index in [-0.39, 0.29) is 0 Å². The highest BCUT2D eigenvalue weighted by atomic mass is 16.7. The van der Waals surface area contributed by atoms with Crippen molar-refractivity contribution in [1.29, 1.82) is 0 Å². The Kier molecular flexibility index (Phi) is 0.256. The lowest BCUT2D eigenvalue weighted by atomic mass is 11.0. The summed E-state index contributed by atoms with van der Waals surface area (Å²) in [6.45, 7) is 2.47. The number of rotatable bonds is 0. The fraction of sp³-hybridized carbons (Fsp3) is 1.00. The van der Waals surface area contributed by atoms with Gasteiger partial charge in [0, 0.05) is 0 Å². The van der Waals surface area contributed by atoms with E-state index in [1.807, 2.05) is 7.11 Å². The SMILES string of the molecule is C[O+]1CC1. The topological polar surface area (TPSA) is 2.70 Å². The van der Waals surface area contributed by atoms with Gasteiger partial charge in [-0.3, -0.25) is 0 Å². The van der Waals surface area contributed by atoms with E-state index < -0.39 is 0 Å². The van der Waals surface area contributed by atoms with Crippen LogP contribution < -0.4 is 0 Å². The van der Waals surface area contributed by atoms with Crippen LogP contribution in [0.3, 0.4) is 0 Å². The molecule has 1 aliphatic heterocycles. The van der Waals surface area contributed by atoms with Gasteiger partial charge in [-0.25, -0.2) is 0 Å². The molecule has 1 saturated heterocycles. The summed E-state index contributed by atoms with van der Waals surface area (Å²) < 4.78 is 2.83. The molecule has 0 saturated carbocycles. The average Bonchev–Trinajstić information content (AvgIpc) is 1.75. The van der Waals surface area contributed by atoms with E-state index in [1.165, 1.54) is 13.2 Å². The van der Waals surface area contributed by atoms with Gasteiger partial charge >= 0.3 is 0 Å². The summed E-state index contributed by atoms with van der Waals surface area (Å²) in [6.07, 6.45) is 0. The number of epoxide rings is 1. The summed E-state index contributed by atoms with van der Waals surface area (Å²) in [7, 11) is 2.03. The highest BCUT2D eigenvalue weighted by Crippen LogP contribution is 2.02. The Morgan fingerprint density at radius 3 is 1.75 bits per heavy atom. The van der Waals surface area contributed by atoms with Crippen LogP contribution >= 0.6 is 0 Å². The van der Waals surface area contributed by atoms with Gasteiger partial charge in [-0.1, -0.05) is 0 Å². The molecule has 0 radical (unpaired) electrons. The lowest BCUT2D eigenvalue weighted by Crippen LogP contribution is -1.61. The van der Waals surface area contributed by atoms with E-state index in [9.17, 15) is 0 Å². The predicted octanol–water partition coefficient (Wildman–Crippen LogP) is 0.182. The first kappa shape index (κ1) is 2.21. The Morgan fingerprint density at radius 2 is 1.75 bits per heavy atom. The Hall–Kier alpha value is -0.0400. The molecule has 24 valence electrons. The number of hydrogen-bond donors (Lipinski definition) is 0. The van der Waals surface area contributed by atoms with Crippen LogP contribution in [0.25, 0.3) is 0 Å². The molecule has 1 aliphatic rings. The molecule has 1 fully saturated rings. The minimum atomic E-state index is 1.24. The maximum atomic E-state index is 2.83. The fourth-order valence-corrected chi connectivity index (χ4v) is 0.0833. The highest BCUT2D eigenvalue weighted by Gasteiger charge is 2.17. The molecular weight excluding hydrogens is 52.0 g/mol. The summed E-state index contributed by atoms with van der Waals surface area (Å²) in [5, 5.41) is 0. The molecule has 0 aromatic carbocycles. The van der Waals surface area contributed by atoms with Crippen LogP contribution in [-0.2, 0) is 4.37 Å². The molecule has 1 rings (SSSR count). The van der Waals surface area contributed by atoms with E-state index in [4.69, 9.17) is 0 Å². The van der Waals surface area contributed by atoms with Gasteiger partial charge in [0.05, 0.1) is 0 Å². The van der Waals surface area contributed by atoms with E-state index in [2.05, 4.69) is 4.37 Å². The van der Waals surface area contributed by atoms with Gasteiger partial charge in [0.25, 0.3) is 0 Å². The van der Waals surface area contributed by atoms with Gasteiger partial charge < -0.3 is 4.37 Å². The van der Waals surface area contributed by atoms with Crippen molar-refractivity contribution < 1.29 is 4.37 Å². The van der Waals surface area contributed by atoms with Gasteiger partial charge in [0.2, 0.25) is 13.2 Å². The summed E-state index contributed by atoms with van der Waals surface area (Å²) in [5.41, 5.74) is 0. The van der Waals surface area contributed by atoms with Gasteiger partial charge in [0.15, 0.2) is 0 Å². The van der Waals surface area contributed by atoms with E-state index in [0.717, 1.165) is 0 Å². The molecule has 0 bridgehead atoms. The zero-order valence-electron chi connectivity index (χ0n) is 2.82. The maximum Gasteiger partial charge on any atom is 0.215 e. The van der Waals surface area contributed by atoms with Crippen LogP contribution in [0.1, 0.15) is 0 Å². The molecule has 1 nitrogen and oxygen atoms in total. The monoisotopic (exact) mass is 59.0 g/mol. The Balaban J connectivity index is 2.17. The van der Waals surface area contributed by atoms with Crippen molar-refractivity contribution in [3.8, 4) is 0 Å². The largest absolute Gasteiger partial charge is 0.413 e. The smallest absolute Gasteiger partial charge is 0.215 e. The van der Waals surface area contributed by atoms with Crippen LogP contribution in [0.4, 0.5) is 0 Å². The average molecular weight is 59.1 g/mol. The van der Waals surface area contributed by atoms with Crippen LogP contribution in [0.15, 0.2) is 0 Å². The van der Waals surface area contributed by atoms with Crippen LogP contribution in [0, 0.1) is 0 Å². The third-order valence-corrected chi connectivity index (χ3v) is 0.612. The normalized spacial score (nSPS) is 26.2. The van der Waals surface area contributed by atoms with Gasteiger partial charge in [-0.2, -0.15) is 0 Å². The molecule has 0 atom stereocenters. The second-order valence-electron chi connectivity index (χ2n) is 1.19. The first-order valence-electron chi connectivity index (χ1n) is 1.49. The molecule has 0 spiro atoms. The van der Waals surface area contributed by atoms with Crippen molar-refractivity contribution in [2.45, 2.75) is 0 Å². The van der Waals surface area contributed by atoms with Gasteiger partial charge in [-0.15, -0.1) is 0 Å². The minimum Gasteiger partial charge on any atom is -0.413 e. The Morgan fingerprint density at radius 1 is 1.50 bits per heavy atom. The third-order valence-electron chi connectivity index (χ3n) is 0.612. The lowest BCUT2D eigenvalue weighted by molar-refractivity contribution is 0.147. The Bertz CT molecular complexity index is 22.5. The molecule has 0 unspecified atom stereocenters. The number of hydrogen-bond acceptors (Lipinski definition) is 0. The summed E-state index contributed by atoms with van der Waals surface area (Å²) in [5.74, 6) is 0. The maximum absolute atomic E-state index is 2.83. The fourth-order valence-electron chi connectivity index (χ4n) is 0.0833. The first-order chi connectivity index (χ1) is 1.89. The van der Waals surface area contributed by atoms with Crippen molar-refractivity contribution in [3.63, 3.8) is 0 Å². The zero-order valence-corrected chi connectivity index (χ0v) is 2.82. The summed E-state index contributed by atoms with van der Waals surface area (Å²) in [4.78, 5) is 0. The molecular formula is C3H7O+. The Labute approximate surface area is 25.9 Å². The standard InChI is InChI=1S/C3H7O/c1-4-2-3-4/h2-3H2,1H3/q+1. The predicted molar refractivity (Wildman–Crippen MR) is 16.7 cm³/mol. The zero-order chi connectivity index (χ0) is 2.99. The summed E-state index contributed by atoms with van der Waals surface area (Å²) in [6, 6.07) is 0. The highest BCUT2D eigenvalue weighted by molar-refractivity contribution is 4.47. The van der Waals surface area contributed by atoms with E-state index >= 15 is 0 Å². The third kappa shape index (κ3) is 0.206. The van der Waals surface area contributed by atoms with E-state index in [0.29, 0.717) is 0 Å². The first-order valence-corrected chi connectivity index (χ1v) is 1.49. The molecule has 0 amide bonds. The van der Waals surface area contributed by atoms with Crippen LogP contribution in [-0.4, -0.2) is 20.3 Å². The lowest BCUT2D eigenvalue weighted by Gasteiger charge is -1.66. The molecule has 0 N–H and O–H groups in total. The van der Waals surface area contributed by atoms with Crippen molar-refractivity contribution in [3.05, 3.63) is 0 Å². The van der Waals surface area contributed by atoms with Crippen molar-refractivity contribution in [1.82, 2.24) is 0 Å². The van der Waals surface area contributed by atoms with Crippen molar-refractivity contribution >= 4 is 0 Å². The van der Waals surface area contributed by atoms with E-state index in [1.54, 1.807) is 0 Å². The molecule has 0 aromatic heterocycles. The second kappa shape index (κ2) is 0.462.